The van der Waals surface area contributed by atoms with E-state index in [1.165, 1.54) is 0 Å². The van der Waals surface area contributed by atoms with Crippen LogP contribution in [-0.2, 0) is 16.1 Å². The van der Waals surface area contributed by atoms with Crippen LogP contribution in [0.25, 0.3) is 0 Å². The first-order valence-electron chi connectivity index (χ1n) is 10.0. The molecule has 0 heterocycles. The first-order chi connectivity index (χ1) is 12.5. The Bertz CT molecular complexity index is 587. The van der Waals surface area contributed by atoms with E-state index in [0.29, 0.717) is 12.3 Å². The van der Waals surface area contributed by atoms with Gasteiger partial charge in [0.15, 0.2) is 5.78 Å². The number of alkyl carbamates (subject to hydrolysis) is 1. The summed E-state index contributed by atoms with van der Waals surface area (Å²) in [6.45, 7) is 15.0. The second-order valence-electron chi connectivity index (χ2n) is 9.29. The molecule has 0 bridgehead atoms. The number of ketones is 1. The fraction of sp³-hybridized carbons (Fsp3) is 0.652. The van der Waals surface area contributed by atoms with E-state index in [2.05, 4.69) is 39.9 Å². The van der Waals surface area contributed by atoms with Gasteiger partial charge in [-0.2, -0.15) is 0 Å². The molecule has 4 nitrogen and oxygen atoms in total. The van der Waals surface area contributed by atoms with E-state index >= 15 is 0 Å². The predicted molar refractivity (Wildman–Crippen MR) is 110 cm³/mol. The van der Waals surface area contributed by atoms with E-state index in [1.807, 2.05) is 44.2 Å². The molecule has 0 aliphatic heterocycles. The van der Waals surface area contributed by atoms with Gasteiger partial charge in [0.05, 0.1) is 6.04 Å². The topological polar surface area (TPSA) is 55.4 Å². The van der Waals surface area contributed by atoms with Gasteiger partial charge in [-0.1, -0.05) is 78.8 Å². The molecule has 0 aliphatic rings. The van der Waals surface area contributed by atoms with Crippen LogP contribution in [0.3, 0.4) is 0 Å². The van der Waals surface area contributed by atoms with Crippen molar-refractivity contribution in [3.05, 3.63) is 35.9 Å². The third kappa shape index (κ3) is 8.59. The summed E-state index contributed by atoms with van der Waals surface area (Å²) in [7, 11) is 0. The van der Waals surface area contributed by atoms with E-state index in [9.17, 15) is 9.59 Å². The standard InChI is InChI=1S/C23H37NO3/c1-16(2)13-19(23(5,6)7)14-20(25)21(17(3)4)24-22(26)27-15-18-11-9-8-10-12-18/h8-12,16-17,19,21H,13-15H2,1-7H3,(H,24,26)/t19-,21+/m1/s1. The maximum atomic E-state index is 13.0. The van der Waals surface area contributed by atoms with Gasteiger partial charge in [-0.25, -0.2) is 4.79 Å². The molecule has 0 saturated carbocycles. The molecule has 0 aromatic heterocycles. The number of carbonyl (C=O) groups excluding carboxylic acids is 2. The maximum absolute atomic E-state index is 13.0. The number of benzene rings is 1. The average molecular weight is 376 g/mol. The van der Waals surface area contributed by atoms with Gasteiger partial charge in [-0.3, -0.25) is 4.79 Å². The molecule has 2 atom stereocenters. The zero-order chi connectivity index (χ0) is 20.6. The lowest BCUT2D eigenvalue weighted by molar-refractivity contribution is -0.124. The fourth-order valence-electron chi connectivity index (χ4n) is 3.19. The molecule has 0 saturated heterocycles. The van der Waals surface area contributed by atoms with Gasteiger partial charge < -0.3 is 10.1 Å². The molecule has 1 rings (SSSR count). The molecule has 1 aromatic carbocycles. The van der Waals surface area contributed by atoms with E-state index < -0.39 is 12.1 Å². The Morgan fingerprint density at radius 1 is 1.04 bits per heavy atom. The largest absolute Gasteiger partial charge is 0.445 e. The van der Waals surface area contributed by atoms with Crippen molar-refractivity contribution in [2.24, 2.45) is 23.2 Å². The minimum Gasteiger partial charge on any atom is -0.445 e. The molecular formula is C23H37NO3. The number of hydrogen-bond acceptors (Lipinski definition) is 3. The molecule has 1 aromatic rings. The monoisotopic (exact) mass is 375 g/mol. The summed E-state index contributed by atoms with van der Waals surface area (Å²) in [6, 6.07) is 9.00. The number of nitrogens with one attached hydrogen (secondary N) is 1. The van der Waals surface area contributed by atoms with Gasteiger partial charge in [-0.05, 0) is 35.2 Å². The Hall–Kier alpha value is -1.84. The molecule has 27 heavy (non-hydrogen) atoms. The lowest BCUT2D eigenvalue weighted by Crippen LogP contribution is -2.45. The van der Waals surface area contributed by atoms with Crippen molar-refractivity contribution in [1.29, 1.82) is 0 Å². The highest BCUT2D eigenvalue weighted by Crippen LogP contribution is 2.34. The minimum atomic E-state index is -0.540. The highest BCUT2D eigenvalue weighted by atomic mass is 16.5. The van der Waals surface area contributed by atoms with E-state index in [-0.39, 0.29) is 29.6 Å². The van der Waals surface area contributed by atoms with Gasteiger partial charge >= 0.3 is 6.09 Å². The second-order valence-corrected chi connectivity index (χ2v) is 9.29. The summed E-state index contributed by atoms with van der Waals surface area (Å²) >= 11 is 0. The van der Waals surface area contributed by atoms with Crippen LogP contribution in [0.15, 0.2) is 30.3 Å². The molecule has 0 unspecified atom stereocenters. The van der Waals surface area contributed by atoms with Crippen molar-refractivity contribution in [3.63, 3.8) is 0 Å². The molecule has 1 N–H and O–H groups in total. The molecular weight excluding hydrogens is 338 g/mol. The number of carbonyl (C=O) groups is 2. The molecule has 4 heteroatoms. The highest BCUT2D eigenvalue weighted by molar-refractivity contribution is 5.87. The van der Waals surface area contributed by atoms with Crippen LogP contribution in [-0.4, -0.2) is 17.9 Å². The Balaban J connectivity index is 2.69. The van der Waals surface area contributed by atoms with E-state index in [4.69, 9.17) is 4.74 Å². The van der Waals surface area contributed by atoms with Gasteiger partial charge in [0.1, 0.15) is 6.61 Å². The van der Waals surface area contributed by atoms with Crippen LogP contribution in [0.5, 0.6) is 0 Å². The van der Waals surface area contributed by atoms with Gasteiger partial charge in [0.2, 0.25) is 0 Å². The molecule has 152 valence electrons. The van der Waals surface area contributed by atoms with Crippen LogP contribution in [0.2, 0.25) is 0 Å². The summed E-state index contributed by atoms with van der Waals surface area (Å²) in [5, 5.41) is 2.79. The van der Waals surface area contributed by atoms with Crippen molar-refractivity contribution < 1.29 is 14.3 Å². The van der Waals surface area contributed by atoms with Crippen molar-refractivity contribution in [2.75, 3.05) is 0 Å². The summed E-state index contributed by atoms with van der Waals surface area (Å²) in [6.07, 6.45) is 0.934. The maximum Gasteiger partial charge on any atom is 0.408 e. The first kappa shape index (κ1) is 23.2. The summed E-state index contributed by atoms with van der Waals surface area (Å²) in [5.74, 6) is 0.917. The predicted octanol–water partition coefficient (Wildman–Crippen LogP) is 5.61. The zero-order valence-corrected chi connectivity index (χ0v) is 18.0. The van der Waals surface area contributed by atoms with E-state index in [0.717, 1.165) is 12.0 Å². The fourth-order valence-corrected chi connectivity index (χ4v) is 3.19. The number of hydrogen-bond donors (Lipinski definition) is 1. The first-order valence-corrected chi connectivity index (χ1v) is 10.0. The van der Waals surface area contributed by atoms with Crippen molar-refractivity contribution in [3.8, 4) is 0 Å². The van der Waals surface area contributed by atoms with Crippen LogP contribution < -0.4 is 5.32 Å². The molecule has 0 aliphatic carbocycles. The van der Waals surface area contributed by atoms with Crippen LogP contribution in [0.4, 0.5) is 4.79 Å². The number of amides is 1. The Morgan fingerprint density at radius 3 is 2.11 bits per heavy atom. The van der Waals surface area contributed by atoms with E-state index in [1.54, 1.807) is 0 Å². The Labute approximate surface area is 165 Å². The van der Waals surface area contributed by atoms with Crippen LogP contribution in [0.1, 0.15) is 66.9 Å². The van der Waals surface area contributed by atoms with Crippen molar-refractivity contribution >= 4 is 11.9 Å². The second kappa shape index (κ2) is 10.5. The number of ether oxygens (including phenoxy) is 1. The third-order valence-corrected chi connectivity index (χ3v) is 4.93. The average Bonchev–Trinajstić information content (AvgIpc) is 2.56. The summed E-state index contributed by atoms with van der Waals surface area (Å²) in [4.78, 5) is 25.2. The third-order valence-electron chi connectivity index (χ3n) is 4.93. The van der Waals surface area contributed by atoms with Crippen molar-refractivity contribution in [2.45, 2.75) is 74.0 Å². The highest BCUT2D eigenvalue weighted by Gasteiger charge is 2.32. The minimum absolute atomic E-state index is 0.0152. The molecule has 1 amide bonds. The molecule has 0 fully saturated rings. The smallest absolute Gasteiger partial charge is 0.408 e. The lowest BCUT2D eigenvalue weighted by atomic mass is 9.73. The van der Waals surface area contributed by atoms with Crippen molar-refractivity contribution in [1.82, 2.24) is 5.32 Å². The summed E-state index contributed by atoms with van der Waals surface area (Å²) in [5.41, 5.74) is 0.972. The van der Waals surface area contributed by atoms with Crippen LogP contribution in [0, 0.1) is 23.2 Å². The quantitative estimate of drug-likeness (QED) is 0.611. The number of Topliss-reactive ketones (excluding diaryl/α,β-unsaturated/α-hetero) is 1. The molecule has 0 spiro atoms. The van der Waals surface area contributed by atoms with Crippen LogP contribution >= 0.6 is 0 Å². The van der Waals surface area contributed by atoms with Gasteiger partial charge in [-0.15, -0.1) is 0 Å². The lowest BCUT2D eigenvalue weighted by Gasteiger charge is -2.33. The summed E-state index contributed by atoms with van der Waals surface area (Å²) < 4.78 is 5.29. The zero-order valence-electron chi connectivity index (χ0n) is 18.0. The Kier molecular flexibility index (Phi) is 9.01. The normalized spacial score (nSPS) is 14.1. The van der Waals surface area contributed by atoms with Gasteiger partial charge in [0.25, 0.3) is 0 Å². The Morgan fingerprint density at radius 2 is 1.63 bits per heavy atom. The molecule has 0 radical (unpaired) electrons. The SMILES string of the molecule is CC(C)C[C@H](CC(=O)[C@@H](NC(=O)OCc1ccccc1)C(C)C)C(C)(C)C. The van der Waals surface area contributed by atoms with Gasteiger partial charge in [0, 0.05) is 6.42 Å². The number of rotatable bonds is 9.